The highest BCUT2D eigenvalue weighted by Crippen LogP contribution is 2.24. The number of rotatable bonds is 3. The van der Waals surface area contributed by atoms with E-state index in [1.165, 1.54) is 19.1 Å². The Bertz CT molecular complexity index is 533. The summed E-state index contributed by atoms with van der Waals surface area (Å²) in [5, 5.41) is 0. The van der Waals surface area contributed by atoms with Gasteiger partial charge in [-0.05, 0) is 60.3 Å². The normalized spacial score (nSPS) is 18.9. The number of carbonyl (C=O) groups is 2. The third-order valence-electron chi connectivity index (χ3n) is 3.58. The van der Waals surface area contributed by atoms with Gasteiger partial charge in [-0.25, -0.2) is 4.39 Å². The summed E-state index contributed by atoms with van der Waals surface area (Å²) in [6.07, 6.45) is 3.17. The summed E-state index contributed by atoms with van der Waals surface area (Å²) in [7, 11) is 0. The second kappa shape index (κ2) is 6.48. The Labute approximate surface area is 126 Å². The molecule has 1 fully saturated rings. The number of ketones is 1. The predicted molar refractivity (Wildman–Crippen MR) is 78.1 cm³/mol. The topological polar surface area (TPSA) is 37.4 Å². The van der Waals surface area contributed by atoms with E-state index in [1.807, 2.05) is 0 Å². The molecule has 1 aliphatic rings. The van der Waals surface area contributed by atoms with Gasteiger partial charge in [0.2, 0.25) is 0 Å². The van der Waals surface area contributed by atoms with E-state index in [2.05, 4.69) is 15.9 Å². The van der Waals surface area contributed by atoms with Gasteiger partial charge >= 0.3 is 0 Å². The van der Waals surface area contributed by atoms with Crippen LogP contribution < -0.4 is 0 Å². The van der Waals surface area contributed by atoms with Crippen molar-refractivity contribution in [2.75, 3.05) is 6.54 Å². The number of carbonyl (C=O) groups excluding carboxylic acids is 2. The van der Waals surface area contributed by atoms with Gasteiger partial charge in [0.15, 0.2) is 0 Å². The largest absolute Gasteiger partial charge is 0.335 e. The van der Waals surface area contributed by atoms with Crippen molar-refractivity contribution in [3.8, 4) is 0 Å². The molecule has 0 radical (unpaired) electrons. The summed E-state index contributed by atoms with van der Waals surface area (Å²) in [4.78, 5) is 25.5. The van der Waals surface area contributed by atoms with Gasteiger partial charge in [0.1, 0.15) is 11.6 Å². The minimum absolute atomic E-state index is 0.0551. The fourth-order valence-electron chi connectivity index (χ4n) is 2.61. The van der Waals surface area contributed by atoms with E-state index in [1.54, 1.807) is 11.0 Å². The first-order chi connectivity index (χ1) is 9.49. The van der Waals surface area contributed by atoms with Crippen LogP contribution in [0.5, 0.6) is 0 Å². The van der Waals surface area contributed by atoms with Crippen LogP contribution in [0.3, 0.4) is 0 Å². The molecule has 20 heavy (non-hydrogen) atoms. The lowest BCUT2D eigenvalue weighted by Crippen LogP contribution is -2.44. The molecule has 0 aromatic heterocycles. The van der Waals surface area contributed by atoms with E-state index in [0.29, 0.717) is 23.0 Å². The third kappa shape index (κ3) is 3.45. The molecule has 3 nitrogen and oxygen atoms in total. The molecule has 0 aliphatic carbocycles. The van der Waals surface area contributed by atoms with Crippen LogP contribution in [-0.4, -0.2) is 29.2 Å². The molecule has 5 heteroatoms. The van der Waals surface area contributed by atoms with E-state index >= 15 is 0 Å². The van der Waals surface area contributed by atoms with Crippen molar-refractivity contribution < 1.29 is 14.0 Å². The van der Waals surface area contributed by atoms with Crippen LogP contribution in [0.4, 0.5) is 4.39 Å². The van der Waals surface area contributed by atoms with E-state index in [9.17, 15) is 14.0 Å². The maximum Gasteiger partial charge on any atom is 0.254 e. The summed E-state index contributed by atoms with van der Waals surface area (Å²) in [6, 6.07) is 4.33. The molecule has 1 heterocycles. The standard InChI is InChI=1S/C15H17BrFNO2/c1-10(19)8-12-4-2-3-7-18(12)15(20)11-5-6-13(16)14(17)9-11/h5-6,9,12H,2-4,7-8H2,1H3. The fraction of sp³-hybridized carbons (Fsp3) is 0.467. The van der Waals surface area contributed by atoms with E-state index < -0.39 is 5.82 Å². The molecule has 108 valence electrons. The molecule has 0 N–H and O–H groups in total. The summed E-state index contributed by atoms with van der Waals surface area (Å²) < 4.78 is 13.9. The number of benzene rings is 1. The number of hydrogen-bond acceptors (Lipinski definition) is 2. The average molecular weight is 342 g/mol. The van der Waals surface area contributed by atoms with Crippen molar-refractivity contribution in [2.45, 2.75) is 38.6 Å². The minimum Gasteiger partial charge on any atom is -0.335 e. The molecule has 0 saturated carbocycles. The summed E-state index contributed by atoms with van der Waals surface area (Å²) in [5.41, 5.74) is 0.334. The van der Waals surface area contributed by atoms with Gasteiger partial charge in [-0.15, -0.1) is 0 Å². The molecule has 1 atom stereocenters. The number of hydrogen-bond donors (Lipinski definition) is 0. The minimum atomic E-state index is -0.448. The summed E-state index contributed by atoms with van der Waals surface area (Å²) in [6.45, 7) is 2.17. The number of amides is 1. The van der Waals surface area contributed by atoms with Crippen molar-refractivity contribution in [3.63, 3.8) is 0 Å². The molecule has 1 unspecified atom stereocenters. The van der Waals surface area contributed by atoms with Crippen molar-refractivity contribution in [2.24, 2.45) is 0 Å². The maximum absolute atomic E-state index is 13.5. The highest BCUT2D eigenvalue weighted by molar-refractivity contribution is 9.10. The second-order valence-corrected chi connectivity index (χ2v) is 6.04. The number of likely N-dealkylation sites (tertiary alicyclic amines) is 1. The Morgan fingerprint density at radius 3 is 2.80 bits per heavy atom. The van der Waals surface area contributed by atoms with E-state index in [4.69, 9.17) is 0 Å². The zero-order valence-electron chi connectivity index (χ0n) is 11.4. The van der Waals surface area contributed by atoms with Crippen LogP contribution >= 0.6 is 15.9 Å². The van der Waals surface area contributed by atoms with Crippen LogP contribution in [0.15, 0.2) is 22.7 Å². The van der Waals surface area contributed by atoms with Crippen molar-refractivity contribution in [1.82, 2.24) is 4.90 Å². The van der Waals surface area contributed by atoms with Gasteiger partial charge < -0.3 is 4.90 Å². The average Bonchev–Trinajstić information content (AvgIpc) is 2.41. The predicted octanol–water partition coefficient (Wildman–Crippen LogP) is 3.56. The lowest BCUT2D eigenvalue weighted by atomic mass is 9.97. The summed E-state index contributed by atoms with van der Waals surface area (Å²) >= 11 is 3.07. The van der Waals surface area contributed by atoms with Gasteiger partial charge in [0, 0.05) is 24.6 Å². The Hall–Kier alpha value is -1.23. The van der Waals surface area contributed by atoms with Gasteiger partial charge in [0.05, 0.1) is 4.47 Å². The Balaban J connectivity index is 2.20. The van der Waals surface area contributed by atoms with Gasteiger partial charge in [-0.1, -0.05) is 0 Å². The number of piperidine rings is 1. The van der Waals surface area contributed by atoms with Crippen LogP contribution in [0.1, 0.15) is 43.0 Å². The molecule has 1 amide bonds. The van der Waals surface area contributed by atoms with E-state index in [-0.39, 0.29) is 17.7 Å². The molecule has 1 aromatic rings. The quantitative estimate of drug-likeness (QED) is 0.842. The van der Waals surface area contributed by atoms with Crippen LogP contribution in [0.2, 0.25) is 0 Å². The van der Waals surface area contributed by atoms with Crippen molar-refractivity contribution in [1.29, 1.82) is 0 Å². The van der Waals surface area contributed by atoms with Crippen LogP contribution in [0.25, 0.3) is 0 Å². The highest BCUT2D eigenvalue weighted by atomic mass is 79.9. The first-order valence-corrected chi connectivity index (χ1v) is 7.54. The van der Waals surface area contributed by atoms with Gasteiger partial charge in [-0.3, -0.25) is 9.59 Å². The molecule has 1 saturated heterocycles. The molecule has 0 spiro atoms. The Kier molecular flexibility index (Phi) is 4.91. The van der Waals surface area contributed by atoms with Gasteiger partial charge in [0.25, 0.3) is 5.91 Å². The Morgan fingerprint density at radius 2 is 2.15 bits per heavy atom. The maximum atomic E-state index is 13.5. The molecule has 0 bridgehead atoms. The second-order valence-electron chi connectivity index (χ2n) is 5.18. The third-order valence-corrected chi connectivity index (χ3v) is 4.22. The molecule has 2 rings (SSSR count). The lowest BCUT2D eigenvalue weighted by Gasteiger charge is -2.35. The van der Waals surface area contributed by atoms with Gasteiger partial charge in [-0.2, -0.15) is 0 Å². The highest BCUT2D eigenvalue weighted by Gasteiger charge is 2.28. The first kappa shape index (κ1) is 15.2. The SMILES string of the molecule is CC(=O)CC1CCCCN1C(=O)c1ccc(Br)c(F)c1. The van der Waals surface area contributed by atoms with Crippen LogP contribution in [-0.2, 0) is 4.79 Å². The number of halogens is 2. The monoisotopic (exact) mass is 341 g/mol. The first-order valence-electron chi connectivity index (χ1n) is 6.74. The molecular weight excluding hydrogens is 325 g/mol. The van der Waals surface area contributed by atoms with Crippen LogP contribution in [0, 0.1) is 5.82 Å². The number of Topliss-reactive ketones (excluding diaryl/α,β-unsaturated/α-hetero) is 1. The Morgan fingerprint density at radius 1 is 1.40 bits per heavy atom. The van der Waals surface area contributed by atoms with E-state index in [0.717, 1.165) is 19.3 Å². The molecular formula is C15H17BrFNO2. The zero-order chi connectivity index (χ0) is 14.7. The van der Waals surface area contributed by atoms with Crippen molar-refractivity contribution >= 4 is 27.6 Å². The van der Waals surface area contributed by atoms with Crippen molar-refractivity contribution in [3.05, 3.63) is 34.1 Å². The fourth-order valence-corrected chi connectivity index (χ4v) is 2.85. The molecule has 1 aliphatic heterocycles. The summed E-state index contributed by atoms with van der Waals surface area (Å²) in [5.74, 6) is -0.560. The lowest BCUT2D eigenvalue weighted by molar-refractivity contribution is -0.118. The smallest absolute Gasteiger partial charge is 0.254 e. The zero-order valence-corrected chi connectivity index (χ0v) is 13.0. The number of nitrogens with zero attached hydrogens (tertiary/aromatic N) is 1. The molecule has 1 aromatic carbocycles.